The molecule has 1 aliphatic rings. The highest BCUT2D eigenvalue weighted by Crippen LogP contribution is 2.31. The van der Waals surface area contributed by atoms with E-state index in [0.717, 1.165) is 13.1 Å². The van der Waals surface area contributed by atoms with Crippen molar-refractivity contribution in [1.82, 2.24) is 4.90 Å². The third-order valence-corrected chi connectivity index (χ3v) is 4.61. The van der Waals surface area contributed by atoms with Crippen LogP contribution < -0.4 is 0 Å². The van der Waals surface area contributed by atoms with Crippen molar-refractivity contribution in [2.24, 2.45) is 0 Å². The van der Waals surface area contributed by atoms with Crippen LogP contribution in [0.5, 0.6) is 0 Å². The SMILES string of the molecule is C[C@@H](CN1CCOCC1)OC(=O)C(O)(c1ccccc1)c1ccccc1. The maximum Gasteiger partial charge on any atom is 0.348 e. The van der Waals surface area contributed by atoms with Crippen molar-refractivity contribution < 1.29 is 19.4 Å². The summed E-state index contributed by atoms with van der Waals surface area (Å²) in [6, 6.07) is 17.8. The Morgan fingerprint density at radius 2 is 1.58 bits per heavy atom. The number of hydrogen-bond acceptors (Lipinski definition) is 5. The summed E-state index contributed by atoms with van der Waals surface area (Å²) < 4.78 is 11.0. The van der Waals surface area contributed by atoms with Gasteiger partial charge in [0.1, 0.15) is 6.10 Å². The first-order valence-electron chi connectivity index (χ1n) is 8.95. The number of nitrogens with zero attached hydrogens (tertiary/aromatic N) is 1. The van der Waals surface area contributed by atoms with Crippen LogP contribution in [0, 0.1) is 0 Å². The van der Waals surface area contributed by atoms with Crippen LogP contribution in [0.2, 0.25) is 0 Å². The number of morpholine rings is 1. The van der Waals surface area contributed by atoms with E-state index >= 15 is 0 Å². The normalized spacial score (nSPS) is 16.8. The molecule has 3 rings (SSSR count). The number of carbonyl (C=O) groups is 1. The molecule has 0 radical (unpaired) electrons. The molecule has 138 valence electrons. The molecule has 2 aromatic rings. The van der Waals surface area contributed by atoms with Crippen LogP contribution in [0.4, 0.5) is 0 Å². The van der Waals surface area contributed by atoms with E-state index in [1.54, 1.807) is 48.5 Å². The summed E-state index contributed by atoms with van der Waals surface area (Å²) in [5.41, 5.74) is -0.841. The second-order valence-corrected chi connectivity index (χ2v) is 6.57. The van der Waals surface area contributed by atoms with Gasteiger partial charge in [-0.15, -0.1) is 0 Å². The summed E-state index contributed by atoms with van der Waals surface area (Å²) in [6.07, 6.45) is -0.334. The molecule has 0 saturated carbocycles. The topological polar surface area (TPSA) is 59.0 Å². The van der Waals surface area contributed by atoms with Crippen molar-refractivity contribution in [3.8, 4) is 0 Å². The van der Waals surface area contributed by atoms with Crippen molar-refractivity contribution >= 4 is 5.97 Å². The first kappa shape index (κ1) is 18.6. The van der Waals surface area contributed by atoms with Gasteiger partial charge in [-0.2, -0.15) is 0 Å². The van der Waals surface area contributed by atoms with Gasteiger partial charge in [-0.3, -0.25) is 4.90 Å². The molecule has 2 aromatic carbocycles. The third-order valence-electron chi connectivity index (χ3n) is 4.61. The number of carbonyl (C=O) groups excluding carboxylic acids is 1. The minimum Gasteiger partial charge on any atom is -0.459 e. The van der Waals surface area contributed by atoms with E-state index in [1.807, 2.05) is 19.1 Å². The monoisotopic (exact) mass is 355 g/mol. The van der Waals surface area contributed by atoms with Gasteiger partial charge in [0.05, 0.1) is 13.2 Å². The number of hydrogen-bond donors (Lipinski definition) is 1. The summed E-state index contributed by atoms with van der Waals surface area (Å²) in [5.74, 6) is -0.657. The molecule has 0 spiro atoms. The molecule has 0 bridgehead atoms. The fraction of sp³-hybridized carbons (Fsp3) is 0.381. The quantitative estimate of drug-likeness (QED) is 0.805. The highest BCUT2D eigenvalue weighted by atomic mass is 16.6. The molecule has 26 heavy (non-hydrogen) atoms. The van der Waals surface area contributed by atoms with E-state index in [1.165, 1.54) is 0 Å². The lowest BCUT2D eigenvalue weighted by atomic mass is 9.86. The Morgan fingerprint density at radius 1 is 1.08 bits per heavy atom. The zero-order chi connectivity index (χ0) is 18.4. The molecule has 1 atom stereocenters. The summed E-state index contributed by atoms with van der Waals surface area (Å²) in [4.78, 5) is 15.2. The van der Waals surface area contributed by atoms with Crippen LogP contribution in [0.3, 0.4) is 0 Å². The van der Waals surface area contributed by atoms with Crippen molar-refractivity contribution in [2.45, 2.75) is 18.6 Å². The lowest BCUT2D eigenvalue weighted by molar-refractivity contribution is -0.168. The van der Waals surface area contributed by atoms with Crippen LogP contribution >= 0.6 is 0 Å². The van der Waals surface area contributed by atoms with Crippen molar-refractivity contribution in [3.05, 3.63) is 71.8 Å². The maximum absolute atomic E-state index is 13.0. The lowest BCUT2D eigenvalue weighted by Crippen LogP contribution is -2.44. The molecular weight excluding hydrogens is 330 g/mol. The van der Waals surface area contributed by atoms with Gasteiger partial charge < -0.3 is 14.6 Å². The van der Waals surface area contributed by atoms with Gasteiger partial charge in [0.15, 0.2) is 0 Å². The van der Waals surface area contributed by atoms with E-state index < -0.39 is 11.6 Å². The van der Waals surface area contributed by atoms with Gasteiger partial charge in [-0.25, -0.2) is 4.79 Å². The van der Waals surface area contributed by atoms with E-state index in [9.17, 15) is 9.90 Å². The van der Waals surface area contributed by atoms with E-state index in [0.29, 0.717) is 30.9 Å². The van der Waals surface area contributed by atoms with Gasteiger partial charge in [-0.1, -0.05) is 60.7 Å². The van der Waals surface area contributed by atoms with E-state index in [-0.39, 0.29) is 6.10 Å². The molecule has 5 nitrogen and oxygen atoms in total. The fourth-order valence-corrected chi connectivity index (χ4v) is 3.21. The highest BCUT2D eigenvalue weighted by Gasteiger charge is 2.42. The van der Waals surface area contributed by atoms with Gasteiger partial charge in [0, 0.05) is 19.6 Å². The third kappa shape index (κ3) is 4.12. The second-order valence-electron chi connectivity index (χ2n) is 6.57. The summed E-state index contributed by atoms with van der Waals surface area (Å²) in [5, 5.41) is 11.4. The number of aliphatic hydroxyl groups is 1. The Morgan fingerprint density at radius 3 is 2.08 bits per heavy atom. The van der Waals surface area contributed by atoms with Gasteiger partial charge in [0.25, 0.3) is 0 Å². The minimum atomic E-state index is -1.83. The minimum absolute atomic E-state index is 0.334. The summed E-state index contributed by atoms with van der Waals surface area (Å²) in [7, 11) is 0. The maximum atomic E-state index is 13.0. The lowest BCUT2D eigenvalue weighted by Gasteiger charge is -2.32. The molecule has 1 heterocycles. The zero-order valence-corrected chi connectivity index (χ0v) is 15.0. The van der Waals surface area contributed by atoms with Gasteiger partial charge >= 0.3 is 5.97 Å². The average Bonchev–Trinajstić information content (AvgIpc) is 2.69. The van der Waals surface area contributed by atoms with Crippen molar-refractivity contribution in [3.63, 3.8) is 0 Å². The summed E-state index contributed by atoms with van der Waals surface area (Å²) >= 11 is 0. The average molecular weight is 355 g/mol. The molecule has 1 N–H and O–H groups in total. The number of ether oxygens (including phenoxy) is 2. The molecular formula is C21H25NO4. The Balaban J connectivity index is 1.79. The molecule has 0 unspecified atom stereocenters. The van der Waals surface area contributed by atoms with E-state index in [4.69, 9.17) is 9.47 Å². The highest BCUT2D eigenvalue weighted by molar-refractivity contribution is 5.85. The zero-order valence-electron chi connectivity index (χ0n) is 15.0. The number of rotatable bonds is 6. The predicted octanol–water partition coefficient (Wildman–Crippen LogP) is 2.19. The van der Waals surface area contributed by atoms with Gasteiger partial charge in [0.2, 0.25) is 5.60 Å². The second kappa shape index (κ2) is 8.45. The van der Waals surface area contributed by atoms with Gasteiger partial charge in [-0.05, 0) is 18.1 Å². The fourth-order valence-electron chi connectivity index (χ4n) is 3.21. The molecule has 0 amide bonds. The van der Waals surface area contributed by atoms with Crippen molar-refractivity contribution in [1.29, 1.82) is 0 Å². The Bertz CT molecular complexity index is 659. The van der Waals surface area contributed by atoms with Crippen LogP contribution in [0.15, 0.2) is 60.7 Å². The molecule has 1 aliphatic heterocycles. The van der Waals surface area contributed by atoms with E-state index in [2.05, 4.69) is 4.90 Å². The Kier molecular flexibility index (Phi) is 6.04. The molecule has 0 aromatic heterocycles. The van der Waals surface area contributed by atoms with Crippen LogP contribution in [-0.4, -0.2) is 54.9 Å². The molecule has 1 saturated heterocycles. The molecule has 0 aliphatic carbocycles. The van der Waals surface area contributed by atoms with Crippen LogP contribution in [0.25, 0.3) is 0 Å². The van der Waals surface area contributed by atoms with Crippen LogP contribution in [0.1, 0.15) is 18.1 Å². The van der Waals surface area contributed by atoms with Crippen LogP contribution in [-0.2, 0) is 19.9 Å². The number of esters is 1. The first-order valence-corrected chi connectivity index (χ1v) is 8.95. The largest absolute Gasteiger partial charge is 0.459 e. The summed E-state index contributed by atoms with van der Waals surface area (Å²) in [6.45, 7) is 5.50. The Labute approximate surface area is 154 Å². The molecule has 5 heteroatoms. The predicted molar refractivity (Wildman–Crippen MR) is 98.7 cm³/mol. The number of benzene rings is 2. The standard InChI is InChI=1S/C21H25NO4/c1-17(16-22-12-14-25-15-13-22)26-20(23)21(24,18-8-4-2-5-9-18)19-10-6-3-7-11-19/h2-11,17,24H,12-16H2,1H3/t17-/m0/s1. The first-order chi connectivity index (χ1) is 12.6. The molecule has 1 fully saturated rings. The smallest absolute Gasteiger partial charge is 0.348 e. The Hall–Kier alpha value is -2.21. The van der Waals surface area contributed by atoms with Crippen molar-refractivity contribution in [2.75, 3.05) is 32.8 Å².